The third-order valence-electron chi connectivity index (χ3n) is 6.23. The van der Waals surface area contributed by atoms with Crippen molar-refractivity contribution in [3.8, 4) is 0 Å². The molecule has 1 fully saturated rings. The molecule has 2 aliphatic heterocycles. The van der Waals surface area contributed by atoms with Crippen LogP contribution in [0.25, 0.3) is 0 Å². The molecule has 1 amide bonds. The van der Waals surface area contributed by atoms with Crippen LogP contribution < -0.4 is 5.56 Å². The zero-order valence-corrected chi connectivity index (χ0v) is 17.9. The number of nitrogens with zero attached hydrogens (tertiary/aromatic N) is 5. The Bertz CT molecular complexity index is 1140. The average Bonchev–Trinajstić information content (AvgIpc) is 3.42. The molecule has 8 heteroatoms. The SMILES string of the molecule is CN(C)Cc1ccc2n(c1=O)C[C@H]1C[C@@H]2CN(C(=O)c2ccc(Cn3ccnc3)o2)C1. The summed E-state index contributed by atoms with van der Waals surface area (Å²) >= 11 is 0. The Morgan fingerprint density at radius 3 is 2.84 bits per heavy atom. The fourth-order valence-electron chi connectivity index (χ4n) is 4.91. The van der Waals surface area contributed by atoms with Crippen molar-refractivity contribution in [1.82, 2.24) is 23.9 Å². The van der Waals surface area contributed by atoms with Crippen molar-refractivity contribution < 1.29 is 9.21 Å². The van der Waals surface area contributed by atoms with Gasteiger partial charge in [-0.15, -0.1) is 0 Å². The first kappa shape index (κ1) is 19.8. The quantitative estimate of drug-likeness (QED) is 0.630. The molecule has 0 unspecified atom stereocenters. The zero-order chi connectivity index (χ0) is 21.5. The number of amides is 1. The summed E-state index contributed by atoms with van der Waals surface area (Å²) in [5.74, 6) is 1.48. The van der Waals surface area contributed by atoms with E-state index in [4.69, 9.17) is 4.42 Å². The molecule has 1 saturated heterocycles. The lowest BCUT2D eigenvalue weighted by Crippen LogP contribution is -2.49. The number of hydrogen-bond donors (Lipinski definition) is 0. The number of piperidine rings is 1. The fraction of sp³-hybridized carbons (Fsp3) is 0.435. The number of imidazole rings is 1. The molecule has 3 aromatic heterocycles. The second kappa shape index (κ2) is 7.85. The number of rotatable bonds is 5. The predicted octanol–water partition coefficient (Wildman–Crippen LogP) is 2.01. The minimum atomic E-state index is -0.0772. The summed E-state index contributed by atoms with van der Waals surface area (Å²) < 4.78 is 9.68. The van der Waals surface area contributed by atoms with Crippen molar-refractivity contribution in [1.29, 1.82) is 0 Å². The number of furan rings is 1. The molecule has 2 atom stereocenters. The van der Waals surface area contributed by atoms with Crippen LogP contribution >= 0.6 is 0 Å². The molecule has 0 aliphatic carbocycles. The summed E-state index contributed by atoms with van der Waals surface area (Å²) in [6, 6.07) is 7.62. The second-order valence-electron chi connectivity index (χ2n) is 8.95. The van der Waals surface area contributed by atoms with Crippen LogP contribution in [0.5, 0.6) is 0 Å². The molecule has 0 saturated carbocycles. The monoisotopic (exact) mass is 421 g/mol. The molecule has 0 radical (unpaired) electrons. The van der Waals surface area contributed by atoms with Crippen LogP contribution in [0.15, 0.2) is 52.2 Å². The van der Waals surface area contributed by atoms with Crippen LogP contribution in [0.3, 0.4) is 0 Å². The summed E-state index contributed by atoms with van der Waals surface area (Å²) in [6.07, 6.45) is 6.31. The number of carbonyl (C=O) groups excluding carboxylic acids is 1. The van der Waals surface area contributed by atoms with Gasteiger partial charge in [0.2, 0.25) is 0 Å². The van der Waals surface area contributed by atoms with Crippen molar-refractivity contribution in [2.24, 2.45) is 5.92 Å². The number of likely N-dealkylation sites (tertiary alicyclic amines) is 1. The molecule has 162 valence electrons. The minimum Gasteiger partial charge on any atom is -0.454 e. The standard InChI is InChI=1S/C23H27N5O3/c1-25(2)12-17-3-5-20-18-9-16(11-28(20)22(17)29)10-27(13-18)23(30)21-6-4-19(31-21)14-26-8-7-24-15-26/h3-8,15-16,18H,9-14H2,1-2H3/t16-,18+/m0/s1. The van der Waals surface area contributed by atoms with Gasteiger partial charge in [0, 0.05) is 55.7 Å². The number of carbonyl (C=O) groups is 1. The highest BCUT2D eigenvalue weighted by molar-refractivity contribution is 5.91. The molecule has 0 aromatic carbocycles. The van der Waals surface area contributed by atoms with Crippen LogP contribution in [0.2, 0.25) is 0 Å². The molecule has 31 heavy (non-hydrogen) atoms. The van der Waals surface area contributed by atoms with E-state index in [2.05, 4.69) is 11.1 Å². The Morgan fingerprint density at radius 1 is 1.19 bits per heavy atom. The van der Waals surface area contributed by atoms with E-state index in [9.17, 15) is 9.59 Å². The smallest absolute Gasteiger partial charge is 0.289 e. The van der Waals surface area contributed by atoms with Crippen molar-refractivity contribution in [2.75, 3.05) is 27.2 Å². The number of pyridine rings is 1. The normalized spacial score (nSPS) is 20.2. The van der Waals surface area contributed by atoms with Gasteiger partial charge >= 0.3 is 0 Å². The Balaban J connectivity index is 1.34. The van der Waals surface area contributed by atoms with Gasteiger partial charge in [0.15, 0.2) is 5.76 Å². The maximum Gasteiger partial charge on any atom is 0.289 e. The van der Waals surface area contributed by atoms with Gasteiger partial charge in [-0.1, -0.05) is 6.07 Å². The fourth-order valence-corrected chi connectivity index (χ4v) is 4.91. The van der Waals surface area contributed by atoms with Gasteiger partial charge in [-0.2, -0.15) is 0 Å². The lowest BCUT2D eigenvalue weighted by Gasteiger charge is -2.42. The van der Waals surface area contributed by atoms with E-state index in [1.807, 2.05) is 51.4 Å². The van der Waals surface area contributed by atoms with Gasteiger partial charge in [0.05, 0.1) is 12.9 Å². The average molecular weight is 422 g/mol. The zero-order valence-electron chi connectivity index (χ0n) is 17.9. The summed E-state index contributed by atoms with van der Waals surface area (Å²) in [6.45, 7) is 3.11. The van der Waals surface area contributed by atoms with E-state index >= 15 is 0 Å². The third kappa shape index (κ3) is 3.83. The summed E-state index contributed by atoms with van der Waals surface area (Å²) in [5, 5.41) is 0. The maximum atomic E-state index is 13.1. The molecular weight excluding hydrogens is 394 g/mol. The van der Waals surface area contributed by atoms with E-state index in [0.29, 0.717) is 38.5 Å². The van der Waals surface area contributed by atoms with Crippen molar-refractivity contribution in [3.63, 3.8) is 0 Å². The van der Waals surface area contributed by atoms with Gasteiger partial charge in [-0.25, -0.2) is 4.98 Å². The Kier molecular flexibility index (Phi) is 5.02. The van der Waals surface area contributed by atoms with Crippen LogP contribution in [-0.4, -0.2) is 57.0 Å². The summed E-state index contributed by atoms with van der Waals surface area (Å²) in [7, 11) is 3.94. The van der Waals surface area contributed by atoms with Crippen molar-refractivity contribution >= 4 is 5.91 Å². The largest absolute Gasteiger partial charge is 0.454 e. The molecule has 2 aliphatic rings. The van der Waals surface area contributed by atoms with Gasteiger partial charge < -0.3 is 23.4 Å². The first-order chi connectivity index (χ1) is 15.0. The van der Waals surface area contributed by atoms with E-state index < -0.39 is 0 Å². The Labute approximate surface area is 180 Å². The first-order valence-electron chi connectivity index (χ1n) is 10.7. The first-order valence-corrected chi connectivity index (χ1v) is 10.7. The highest BCUT2D eigenvalue weighted by Crippen LogP contribution is 2.35. The molecule has 0 spiro atoms. The lowest BCUT2D eigenvalue weighted by molar-refractivity contribution is 0.0561. The van der Waals surface area contributed by atoms with E-state index in [1.54, 1.807) is 18.6 Å². The molecule has 8 nitrogen and oxygen atoms in total. The molecule has 5 rings (SSSR count). The Hall–Kier alpha value is -3.13. The van der Waals surface area contributed by atoms with Crippen LogP contribution in [-0.2, 0) is 19.6 Å². The van der Waals surface area contributed by atoms with Crippen molar-refractivity contribution in [3.05, 3.63) is 76.1 Å². The van der Waals surface area contributed by atoms with E-state index in [0.717, 1.165) is 23.4 Å². The van der Waals surface area contributed by atoms with E-state index in [-0.39, 0.29) is 23.3 Å². The molecule has 3 aromatic rings. The third-order valence-corrected chi connectivity index (χ3v) is 6.23. The van der Waals surface area contributed by atoms with Gasteiger partial charge in [0.1, 0.15) is 5.76 Å². The highest BCUT2D eigenvalue weighted by atomic mass is 16.4. The number of aromatic nitrogens is 3. The van der Waals surface area contributed by atoms with Gasteiger partial charge in [-0.05, 0) is 44.6 Å². The topological polar surface area (TPSA) is 76.5 Å². The minimum absolute atomic E-state index is 0.0772. The number of fused-ring (bicyclic) bond motifs is 4. The van der Waals surface area contributed by atoms with Gasteiger partial charge in [0.25, 0.3) is 11.5 Å². The molecule has 2 bridgehead atoms. The summed E-state index contributed by atoms with van der Waals surface area (Å²) in [4.78, 5) is 34.1. The number of hydrogen-bond acceptors (Lipinski definition) is 5. The Morgan fingerprint density at radius 2 is 2.06 bits per heavy atom. The van der Waals surface area contributed by atoms with E-state index in [1.165, 1.54) is 0 Å². The van der Waals surface area contributed by atoms with Crippen LogP contribution in [0, 0.1) is 5.92 Å². The molecule has 5 heterocycles. The molecular formula is C23H27N5O3. The van der Waals surface area contributed by atoms with Crippen molar-refractivity contribution in [2.45, 2.75) is 32.0 Å². The van der Waals surface area contributed by atoms with Crippen LogP contribution in [0.4, 0.5) is 0 Å². The maximum absolute atomic E-state index is 13.1. The summed E-state index contributed by atoms with van der Waals surface area (Å²) in [5.41, 5.74) is 1.97. The molecule has 0 N–H and O–H groups in total. The highest BCUT2D eigenvalue weighted by Gasteiger charge is 2.37. The predicted molar refractivity (Wildman–Crippen MR) is 115 cm³/mol. The van der Waals surface area contributed by atoms with Crippen LogP contribution in [0.1, 0.15) is 39.9 Å². The lowest BCUT2D eigenvalue weighted by atomic mass is 9.83. The second-order valence-corrected chi connectivity index (χ2v) is 8.95. The van der Waals surface area contributed by atoms with Gasteiger partial charge in [-0.3, -0.25) is 9.59 Å².